The summed E-state index contributed by atoms with van der Waals surface area (Å²) >= 11 is 0. The summed E-state index contributed by atoms with van der Waals surface area (Å²) in [5, 5.41) is 3.74. The first kappa shape index (κ1) is 15.3. The van der Waals surface area contributed by atoms with Crippen molar-refractivity contribution >= 4 is 17.1 Å². The van der Waals surface area contributed by atoms with E-state index in [9.17, 15) is 4.79 Å². The molecule has 2 heterocycles. The van der Waals surface area contributed by atoms with Crippen LogP contribution in [-0.2, 0) is 0 Å². The monoisotopic (exact) mass is 337 g/mol. The van der Waals surface area contributed by atoms with E-state index in [2.05, 4.69) is 48.7 Å². The van der Waals surface area contributed by atoms with E-state index in [0.717, 1.165) is 37.4 Å². The van der Waals surface area contributed by atoms with Gasteiger partial charge in [-0.25, -0.2) is 4.79 Å². The van der Waals surface area contributed by atoms with Crippen LogP contribution in [0.5, 0.6) is 0 Å². The van der Waals surface area contributed by atoms with Crippen LogP contribution < -0.4 is 21.3 Å². The van der Waals surface area contributed by atoms with Gasteiger partial charge in [0.2, 0.25) is 0 Å². The second kappa shape index (κ2) is 6.35. The summed E-state index contributed by atoms with van der Waals surface area (Å²) in [5.74, 6) is -0.154. The van der Waals surface area contributed by atoms with Crippen LogP contribution in [-0.4, -0.2) is 36.3 Å². The number of nitrogens with zero attached hydrogens (tertiary/aromatic N) is 3. The van der Waals surface area contributed by atoms with Crippen molar-refractivity contribution in [2.45, 2.75) is 0 Å². The number of H-pyrrole nitrogens is 1. The largest absolute Gasteiger partial charge is 0.439 e. The summed E-state index contributed by atoms with van der Waals surface area (Å²) in [6.45, 7) is 3.60. The lowest BCUT2D eigenvalue weighted by Gasteiger charge is -2.38. The van der Waals surface area contributed by atoms with Gasteiger partial charge in [-0.2, -0.15) is 0 Å². The fourth-order valence-electron chi connectivity index (χ4n) is 3.16. The van der Waals surface area contributed by atoms with Crippen molar-refractivity contribution in [1.82, 2.24) is 10.1 Å². The number of aromatic amines is 1. The van der Waals surface area contributed by atoms with Crippen molar-refractivity contribution in [1.29, 1.82) is 0 Å². The number of hydrogen-bond donors (Lipinski definition) is 2. The Balaban J connectivity index is 1.54. The lowest BCUT2D eigenvalue weighted by Crippen LogP contribution is -2.46. The zero-order chi connectivity index (χ0) is 17.2. The number of aromatic nitrogens is 2. The van der Waals surface area contributed by atoms with Crippen LogP contribution >= 0.6 is 0 Å². The molecule has 7 heteroatoms. The quantitative estimate of drug-likeness (QED) is 0.710. The lowest BCUT2D eigenvalue weighted by molar-refractivity contribution is 0.388. The molecule has 1 aromatic heterocycles. The molecule has 3 N–H and O–H groups in total. The van der Waals surface area contributed by atoms with Crippen molar-refractivity contribution in [2.24, 2.45) is 0 Å². The van der Waals surface area contributed by atoms with E-state index in [4.69, 9.17) is 5.73 Å². The second-order valence-corrected chi connectivity index (χ2v) is 6.03. The molecular formula is C18H19N5O2. The average molecular weight is 337 g/mol. The number of rotatable bonds is 3. The Kier molecular flexibility index (Phi) is 3.89. The Morgan fingerprint density at radius 2 is 1.72 bits per heavy atom. The van der Waals surface area contributed by atoms with Gasteiger partial charge in [-0.15, -0.1) is 0 Å². The van der Waals surface area contributed by atoms with Gasteiger partial charge in [-0.05, 0) is 30.3 Å². The first-order valence-corrected chi connectivity index (χ1v) is 8.21. The van der Waals surface area contributed by atoms with E-state index in [1.165, 1.54) is 5.69 Å². The van der Waals surface area contributed by atoms with Gasteiger partial charge in [0.05, 0.1) is 11.4 Å². The number of anilines is 3. The van der Waals surface area contributed by atoms with E-state index in [0.29, 0.717) is 11.5 Å². The Hall–Kier alpha value is -3.22. The molecule has 0 amide bonds. The number of para-hydroxylation sites is 1. The van der Waals surface area contributed by atoms with Crippen LogP contribution in [0.4, 0.5) is 17.1 Å². The molecule has 1 saturated heterocycles. The van der Waals surface area contributed by atoms with E-state index in [1.54, 1.807) is 0 Å². The van der Waals surface area contributed by atoms with Crippen LogP contribution in [0.15, 0.2) is 57.8 Å². The van der Waals surface area contributed by atoms with Gasteiger partial charge >= 0.3 is 5.76 Å². The van der Waals surface area contributed by atoms with Crippen molar-refractivity contribution in [3.05, 3.63) is 59.1 Å². The predicted molar refractivity (Wildman–Crippen MR) is 97.8 cm³/mol. The minimum absolute atomic E-state index is 0.411. The van der Waals surface area contributed by atoms with Crippen LogP contribution in [0, 0.1) is 0 Å². The van der Waals surface area contributed by atoms with Gasteiger partial charge in [0.15, 0.2) is 5.82 Å². The number of hydrogen-bond acceptors (Lipinski definition) is 6. The summed E-state index contributed by atoms with van der Waals surface area (Å²) in [5.41, 5.74) is 9.86. The highest BCUT2D eigenvalue weighted by atomic mass is 16.5. The molecule has 3 aromatic rings. The Bertz CT molecular complexity index is 910. The van der Waals surface area contributed by atoms with Gasteiger partial charge in [-0.1, -0.05) is 23.4 Å². The second-order valence-electron chi connectivity index (χ2n) is 6.03. The Morgan fingerprint density at radius 1 is 1.00 bits per heavy atom. The maximum absolute atomic E-state index is 11.2. The van der Waals surface area contributed by atoms with Gasteiger partial charge in [0, 0.05) is 37.4 Å². The van der Waals surface area contributed by atoms with Crippen LogP contribution in [0.2, 0.25) is 0 Å². The summed E-state index contributed by atoms with van der Waals surface area (Å²) in [4.78, 5) is 18.4. The molecule has 0 atom stereocenters. The molecule has 4 rings (SSSR count). The molecule has 128 valence electrons. The highest BCUT2D eigenvalue weighted by Crippen LogP contribution is 2.29. The third kappa shape index (κ3) is 3.08. The molecule has 0 aliphatic carbocycles. The van der Waals surface area contributed by atoms with Crippen molar-refractivity contribution in [3.63, 3.8) is 0 Å². The average Bonchev–Trinajstić information content (AvgIpc) is 3.09. The minimum atomic E-state index is -0.565. The highest BCUT2D eigenvalue weighted by Gasteiger charge is 2.20. The Labute approximate surface area is 144 Å². The lowest BCUT2D eigenvalue weighted by atomic mass is 10.1. The number of nitrogen functional groups attached to an aromatic ring is 1. The molecule has 1 aliphatic heterocycles. The van der Waals surface area contributed by atoms with E-state index in [1.807, 2.05) is 24.3 Å². The molecule has 0 saturated carbocycles. The molecular weight excluding hydrogens is 318 g/mol. The van der Waals surface area contributed by atoms with Crippen LogP contribution in [0.1, 0.15) is 0 Å². The fraction of sp³-hybridized carbons (Fsp3) is 0.222. The molecule has 0 bridgehead atoms. The van der Waals surface area contributed by atoms with Crippen molar-refractivity contribution in [2.75, 3.05) is 41.7 Å². The number of nitrogens with two attached hydrogens (primary N) is 1. The molecule has 1 aliphatic rings. The van der Waals surface area contributed by atoms with E-state index in [-0.39, 0.29) is 0 Å². The maximum atomic E-state index is 11.2. The number of nitrogens with one attached hydrogen (secondary N) is 1. The first-order valence-electron chi connectivity index (χ1n) is 8.21. The molecule has 25 heavy (non-hydrogen) atoms. The molecule has 0 radical (unpaired) electrons. The Morgan fingerprint density at radius 3 is 2.40 bits per heavy atom. The van der Waals surface area contributed by atoms with Crippen LogP contribution in [0.25, 0.3) is 11.4 Å². The smallest absolute Gasteiger partial charge is 0.397 e. The summed E-state index contributed by atoms with van der Waals surface area (Å²) in [6, 6.07) is 16.0. The molecule has 0 spiro atoms. The standard InChI is InChI=1S/C18H19N5O2/c19-15-7-6-13(17-20-18(24)25-21-17)12-16(15)23-10-8-22(9-11-23)14-4-2-1-3-5-14/h1-7,12H,8-11,19H2,(H,20,21,24). The van der Waals surface area contributed by atoms with E-state index < -0.39 is 5.76 Å². The summed E-state index contributed by atoms with van der Waals surface area (Å²) in [6.07, 6.45) is 0. The predicted octanol–water partition coefficient (Wildman–Crippen LogP) is 1.94. The number of piperazine rings is 1. The molecule has 1 fully saturated rings. The minimum Gasteiger partial charge on any atom is -0.397 e. The van der Waals surface area contributed by atoms with Crippen molar-refractivity contribution < 1.29 is 4.52 Å². The third-order valence-electron chi connectivity index (χ3n) is 4.49. The van der Waals surface area contributed by atoms with Gasteiger partial charge in [-0.3, -0.25) is 9.51 Å². The van der Waals surface area contributed by atoms with Crippen molar-refractivity contribution in [3.8, 4) is 11.4 Å². The first-order chi connectivity index (χ1) is 12.2. The van der Waals surface area contributed by atoms with E-state index >= 15 is 0 Å². The molecule has 2 aromatic carbocycles. The zero-order valence-corrected chi connectivity index (χ0v) is 13.7. The third-order valence-corrected chi connectivity index (χ3v) is 4.49. The highest BCUT2D eigenvalue weighted by molar-refractivity contribution is 5.75. The maximum Gasteiger partial charge on any atom is 0.439 e. The number of benzene rings is 2. The normalized spacial score (nSPS) is 14.7. The summed E-state index contributed by atoms with van der Waals surface area (Å²) in [7, 11) is 0. The molecule has 7 nitrogen and oxygen atoms in total. The SMILES string of the molecule is Nc1ccc(-c2noc(=O)[nH]2)cc1N1CCN(c2ccccc2)CC1. The fourth-order valence-corrected chi connectivity index (χ4v) is 3.16. The van der Waals surface area contributed by atoms with Gasteiger partial charge in [0.1, 0.15) is 0 Å². The van der Waals surface area contributed by atoms with Gasteiger partial charge < -0.3 is 15.5 Å². The topological polar surface area (TPSA) is 91.4 Å². The zero-order valence-electron chi connectivity index (χ0n) is 13.7. The molecule has 0 unspecified atom stereocenters. The van der Waals surface area contributed by atoms with Crippen LogP contribution in [0.3, 0.4) is 0 Å². The summed E-state index contributed by atoms with van der Waals surface area (Å²) < 4.78 is 4.58. The van der Waals surface area contributed by atoms with Gasteiger partial charge in [0.25, 0.3) is 0 Å².